The van der Waals surface area contributed by atoms with Crippen LogP contribution in [0.25, 0.3) is 5.69 Å². The molecular weight excluding hydrogens is 265 g/mol. The van der Waals surface area contributed by atoms with Gasteiger partial charge in [-0.05, 0) is 37.3 Å². The van der Waals surface area contributed by atoms with Gasteiger partial charge >= 0.3 is 0 Å². The molecule has 3 aromatic rings. The number of aromatic nitrogens is 2. The lowest BCUT2D eigenvalue weighted by atomic mass is 10.1. The van der Waals surface area contributed by atoms with E-state index in [9.17, 15) is 4.39 Å². The minimum atomic E-state index is -0.194. The van der Waals surface area contributed by atoms with Crippen molar-refractivity contribution in [3.8, 4) is 5.69 Å². The molecule has 0 aliphatic heterocycles. The van der Waals surface area contributed by atoms with Gasteiger partial charge in [-0.25, -0.2) is 9.07 Å². The molecule has 0 fully saturated rings. The predicted octanol–water partition coefficient (Wildman–Crippen LogP) is 4.18. The number of nitrogens with one attached hydrogen (secondary N) is 1. The van der Waals surface area contributed by atoms with Gasteiger partial charge in [0.2, 0.25) is 0 Å². The average Bonchev–Trinajstić information content (AvgIpc) is 3.02. The molecule has 0 bridgehead atoms. The van der Waals surface area contributed by atoms with Gasteiger partial charge < -0.3 is 5.32 Å². The van der Waals surface area contributed by atoms with Crippen LogP contribution in [-0.4, -0.2) is 9.78 Å². The number of halogens is 1. The minimum Gasteiger partial charge on any atom is -0.378 e. The molecule has 106 valence electrons. The SMILES string of the molecule is CC(Nc1cccc(-n2cccn2)c1)c1ccccc1F. The first-order valence-corrected chi connectivity index (χ1v) is 6.85. The van der Waals surface area contributed by atoms with Gasteiger partial charge in [0.25, 0.3) is 0 Å². The summed E-state index contributed by atoms with van der Waals surface area (Å²) < 4.78 is 15.6. The van der Waals surface area contributed by atoms with Gasteiger partial charge in [-0.2, -0.15) is 5.10 Å². The van der Waals surface area contributed by atoms with Crippen molar-refractivity contribution in [1.82, 2.24) is 9.78 Å². The highest BCUT2D eigenvalue weighted by atomic mass is 19.1. The first-order chi connectivity index (χ1) is 10.2. The molecule has 0 aliphatic carbocycles. The third-order valence-corrected chi connectivity index (χ3v) is 3.37. The zero-order valence-electron chi connectivity index (χ0n) is 11.7. The number of rotatable bonds is 4. The van der Waals surface area contributed by atoms with Crippen LogP contribution in [0.2, 0.25) is 0 Å². The Morgan fingerprint density at radius 1 is 1.10 bits per heavy atom. The number of anilines is 1. The molecule has 0 saturated heterocycles. The Hall–Kier alpha value is -2.62. The van der Waals surface area contributed by atoms with Gasteiger partial charge in [0.1, 0.15) is 5.82 Å². The van der Waals surface area contributed by atoms with Gasteiger partial charge in [-0.1, -0.05) is 24.3 Å². The molecule has 3 rings (SSSR count). The summed E-state index contributed by atoms with van der Waals surface area (Å²) in [6.45, 7) is 1.94. The van der Waals surface area contributed by atoms with Crippen molar-refractivity contribution in [2.24, 2.45) is 0 Å². The molecule has 0 radical (unpaired) electrons. The van der Waals surface area contributed by atoms with Crippen LogP contribution >= 0.6 is 0 Å². The summed E-state index contributed by atoms with van der Waals surface area (Å²) in [6, 6.07) is 16.5. The molecule has 1 heterocycles. The van der Waals surface area contributed by atoms with E-state index in [1.807, 2.05) is 49.5 Å². The summed E-state index contributed by atoms with van der Waals surface area (Å²) in [5.41, 5.74) is 2.55. The van der Waals surface area contributed by atoms with Crippen LogP contribution < -0.4 is 5.32 Å². The van der Waals surface area contributed by atoms with E-state index in [1.165, 1.54) is 6.07 Å². The van der Waals surface area contributed by atoms with Crippen LogP contribution in [0.4, 0.5) is 10.1 Å². The zero-order valence-corrected chi connectivity index (χ0v) is 11.7. The summed E-state index contributed by atoms with van der Waals surface area (Å²) in [5, 5.41) is 7.53. The summed E-state index contributed by atoms with van der Waals surface area (Å²) in [4.78, 5) is 0. The maximum Gasteiger partial charge on any atom is 0.128 e. The molecular formula is C17H16FN3. The van der Waals surface area contributed by atoms with Gasteiger partial charge in [-0.3, -0.25) is 0 Å². The highest BCUT2D eigenvalue weighted by Gasteiger charge is 2.10. The maximum absolute atomic E-state index is 13.8. The van der Waals surface area contributed by atoms with Crippen molar-refractivity contribution in [1.29, 1.82) is 0 Å². The Labute approximate surface area is 123 Å². The van der Waals surface area contributed by atoms with Crippen LogP contribution in [0, 0.1) is 5.82 Å². The smallest absolute Gasteiger partial charge is 0.128 e. The third kappa shape index (κ3) is 2.94. The lowest BCUT2D eigenvalue weighted by Gasteiger charge is -2.17. The Bertz CT molecular complexity index is 722. The fraction of sp³-hybridized carbons (Fsp3) is 0.118. The van der Waals surface area contributed by atoms with E-state index in [4.69, 9.17) is 0 Å². The normalized spacial score (nSPS) is 12.1. The summed E-state index contributed by atoms with van der Waals surface area (Å²) in [7, 11) is 0. The molecule has 0 amide bonds. The quantitative estimate of drug-likeness (QED) is 0.777. The van der Waals surface area contributed by atoms with Gasteiger partial charge in [0.05, 0.1) is 11.7 Å². The van der Waals surface area contributed by atoms with E-state index in [0.717, 1.165) is 11.4 Å². The van der Waals surface area contributed by atoms with Crippen molar-refractivity contribution in [2.45, 2.75) is 13.0 Å². The lowest BCUT2D eigenvalue weighted by molar-refractivity contribution is 0.600. The van der Waals surface area contributed by atoms with E-state index < -0.39 is 0 Å². The van der Waals surface area contributed by atoms with Gasteiger partial charge in [0.15, 0.2) is 0 Å². The van der Waals surface area contributed by atoms with E-state index >= 15 is 0 Å². The van der Waals surface area contributed by atoms with Crippen LogP contribution in [0.1, 0.15) is 18.5 Å². The average molecular weight is 281 g/mol. The molecule has 21 heavy (non-hydrogen) atoms. The number of hydrogen-bond donors (Lipinski definition) is 1. The van der Waals surface area contributed by atoms with Crippen LogP contribution in [0.3, 0.4) is 0 Å². The Balaban J connectivity index is 1.82. The molecule has 0 spiro atoms. The number of hydrogen-bond acceptors (Lipinski definition) is 2. The first-order valence-electron chi connectivity index (χ1n) is 6.85. The second-order valence-corrected chi connectivity index (χ2v) is 4.89. The van der Waals surface area contributed by atoms with Crippen molar-refractivity contribution >= 4 is 5.69 Å². The first kappa shape index (κ1) is 13.4. The van der Waals surface area contributed by atoms with E-state index in [1.54, 1.807) is 23.0 Å². The highest BCUT2D eigenvalue weighted by Crippen LogP contribution is 2.22. The second-order valence-electron chi connectivity index (χ2n) is 4.89. The van der Waals surface area contributed by atoms with E-state index in [2.05, 4.69) is 10.4 Å². The molecule has 3 nitrogen and oxygen atoms in total. The summed E-state index contributed by atoms with van der Waals surface area (Å²) >= 11 is 0. The molecule has 1 aromatic heterocycles. The second kappa shape index (κ2) is 5.79. The maximum atomic E-state index is 13.8. The molecule has 4 heteroatoms. The van der Waals surface area contributed by atoms with E-state index in [-0.39, 0.29) is 11.9 Å². The largest absolute Gasteiger partial charge is 0.378 e. The van der Waals surface area contributed by atoms with Crippen molar-refractivity contribution in [2.75, 3.05) is 5.32 Å². The van der Waals surface area contributed by atoms with Crippen molar-refractivity contribution < 1.29 is 4.39 Å². The highest BCUT2D eigenvalue weighted by molar-refractivity contribution is 5.52. The Morgan fingerprint density at radius 2 is 1.95 bits per heavy atom. The fourth-order valence-electron chi connectivity index (χ4n) is 2.31. The predicted molar refractivity (Wildman–Crippen MR) is 82.0 cm³/mol. The van der Waals surface area contributed by atoms with Gasteiger partial charge in [-0.15, -0.1) is 0 Å². The van der Waals surface area contributed by atoms with Crippen LogP contribution in [-0.2, 0) is 0 Å². The number of nitrogens with zero attached hydrogens (tertiary/aromatic N) is 2. The van der Waals surface area contributed by atoms with Crippen LogP contribution in [0.15, 0.2) is 67.0 Å². The third-order valence-electron chi connectivity index (χ3n) is 3.37. The molecule has 0 saturated carbocycles. The molecule has 1 atom stereocenters. The molecule has 1 N–H and O–H groups in total. The van der Waals surface area contributed by atoms with E-state index in [0.29, 0.717) is 5.56 Å². The summed E-state index contributed by atoms with van der Waals surface area (Å²) in [6.07, 6.45) is 3.63. The van der Waals surface area contributed by atoms with Crippen LogP contribution in [0.5, 0.6) is 0 Å². The standard InChI is InChI=1S/C17H16FN3/c1-13(16-8-2-3-9-17(16)18)20-14-6-4-7-15(12-14)21-11-5-10-19-21/h2-13,20H,1H3. The summed E-state index contributed by atoms with van der Waals surface area (Å²) in [5.74, 6) is -0.194. The fourth-order valence-corrected chi connectivity index (χ4v) is 2.31. The van der Waals surface area contributed by atoms with Crippen molar-refractivity contribution in [3.63, 3.8) is 0 Å². The molecule has 2 aromatic carbocycles. The number of benzene rings is 2. The molecule has 1 unspecified atom stereocenters. The van der Waals surface area contributed by atoms with Crippen molar-refractivity contribution in [3.05, 3.63) is 78.4 Å². The lowest BCUT2D eigenvalue weighted by Crippen LogP contribution is -2.08. The minimum absolute atomic E-state index is 0.112. The molecule has 0 aliphatic rings. The van der Waals surface area contributed by atoms with Gasteiger partial charge in [0, 0.05) is 23.6 Å². The Morgan fingerprint density at radius 3 is 2.71 bits per heavy atom. The Kier molecular flexibility index (Phi) is 3.69. The topological polar surface area (TPSA) is 29.9 Å². The monoisotopic (exact) mass is 281 g/mol. The zero-order chi connectivity index (χ0) is 14.7.